The van der Waals surface area contributed by atoms with Crippen molar-refractivity contribution >= 4 is 5.69 Å². The lowest BCUT2D eigenvalue weighted by atomic mass is 10.2. The highest BCUT2D eigenvalue weighted by atomic mass is 16.6. The van der Waals surface area contributed by atoms with E-state index in [0.29, 0.717) is 24.7 Å². The van der Waals surface area contributed by atoms with Gasteiger partial charge in [0.15, 0.2) is 5.75 Å². The van der Waals surface area contributed by atoms with E-state index < -0.39 is 4.92 Å². The summed E-state index contributed by atoms with van der Waals surface area (Å²) in [4.78, 5) is 10.4. The monoisotopic (exact) mass is 269 g/mol. The topological polar surface area (TPSA) is 81.8 Å². The van der Waals surface area contributed by atoms with Crippen molar-refractivity contribution < 1.29 is 19.5 Å². The predicted molar refractivity (Wildman–Crippen MR) is 70.2 cm³/mol. The number of hydrogen-bond acceptors (Lipinski definition) is 5. The third-order valence-electron chi connectivity index (χ3n) is 2.34. The standard InChI is InChI=1S/C13H19NO5/c1-10(2)9-18-5-6-19-13-4-3-11(8-15)7-12(13)14(16)17/h3-4,7,10,15H,5-6,8-9H2,1-2H3. The second-order valence-electron chi connectivity index (χ2n) is 4.53. The van der Waals surface area contributed by atoms with Gasteiger partial charge in [-0.3, -0.25) is 10.1 Å². The molecule has 0 saturated carbocycles. The number of benzene rings is 1. The first-order valence-corrected chi connectivity index (χ1v) is 6.13. The zero-order valence-corrected chi connectivity index (χ0v) is 11.2. The molecule has 0 heterocycles. The lowest BCUT2D eigenvalue weighted by Crippen LogP contribution is -2.11. The number of ether oxygens (including phenoxy) is 2. The summed E-state index contributed by atoms with van der Waals surface area (Å²) >= 11 is 0. The molecule has 0 aromatic heterocycles. The summed E-state index contributed by atoms with van der Waals surface area (Å²) in [5, 5.41) is 19.8. The van der Waals surface area contributed by atoms with Gasteiger partial charge in [0.1, 0.15) is 6.61 Å². The lowest BCUT2D eigenvalue weighted by molar-refractivity contribution is -0.386. The number of hydrogen-bond donors (Lipinski definition) is 1. The number of nitrogens with zero attached hydrogens (tertiary/aromatic N) is 1. The third-order valence-corrected chi connectivity index (χ3v) is 2.34. The van der Waals surface area contributed by atoms with Crippen LogP contribution in [0.2, 0.25) is 0 Å². The Morgan fingerprint density at radius 3 is 2.68 bits per heavy atom. The Bertz CT molecular complexity index is 419. The molecule has 0 unspecified atom stereocenters. The maximum absolute atomic E-state index is 10.9. The van der Waals surface area contributed by atoms with Crippen LogP contribution in [0.1, 0.15) is 19.4 Å². The van der Waals surface area contributed by atoms with E-state index in [1.807, 2.05) is 13.8 Å². The zero-order chi connectivity index (χ0) is 14.3. The Hall–Kier alpha value is -1.66. The van der Waals surface area contributed by atoms with Crippen LogP contribution < -0.4 is 4.74 Å². The summed E-state index contributed by atoms with van der Waals surface area (Å²) in [6.45, 7) is 5.12. The minimum absolute atomic E-state index is 0.143. The van der Waals surface area contributed by atoms with Crippen molar-refractivity contribution in [2.24, 2.45) is 5.92 Å². The van der Waals surface area contributed by atoms with Crippen LogP contribution >= 0.6 is 0 Å². The van der Waals surface area contributed by atoms with Crippen molar-refractivity contribution in [1.29, 1.82) is 0 Å². The van der Waals surface area contributed by atoms with Gasteiger partial charge in [0, 0.05) is 12.7 Å². The Kier molecular flexibility index (Phi) is 6.24. The molecule has 0 saturated heterocycles. The molecule has 0 aliphatic heterocycles. The first-order valence-electron chi connectivity index (χ1n) is 6.13. The highest BCUT2D eigenvalue weighted by Crippen LogP contribution is 2.27. The molecule has 6 heteroatoms. The van der Waals surface area contributed by atoms with E-state index in [2.05, 4.69) is 0 Å². The summed E-state index contributed by atoms with van der Waals surface area (Å²) in [5.41, 5.74) is 0.338. The number of aliphatic hydroxyl groups is 1. The van der Waals surface area contributed by atoms with E-state index in [1.54, 1.807) is 6.07 Å². The SMILES string of the molecule is CC(C)COCCOc1ccc(CO)cc1[N+](=O)[O-]. The molecule has 19 heavy (non-hydrogen) atoms. The fourth-order valence-electron chi connectivity index (χ4n) is 1.46. The van der Waals surface area contributed by atoms with Gasteiger partial charge in [-0.1, -0.05) is 19.9 Å². The van der Waals surface area contributed by atoms with Gasteiger partial charge in [-0.2, -0.15) is 0 Å². The predicted octanol–water partition coefficient (Wildman–Crippen LogP) is 2.14. The Morgan fingerprint density at radius 2 is 2.11 bits per heavy atom. The average molecular weight is 269 g/mol. The number of aliphatic hydroxyl groups excluding tert-OH is 1. The summed E-state index contributed by atoms with van der Waals surface area (Å²) in [6, 6.07) is 4.40. The number of nitro groups is 1. The molecular weight excluding hydrogens is 250 g/mol. The summed E-state index contributed by atoms with van der Waals surface area (Å²) in [6.07, 6.45) is 0. The lowest BCUT2D eigenvalue weighted by Gasteiger charge is -2.09. The molecule has 0 radical (unpaired) electrons. The fraction of sp³-hybridized carbons (Fsp3) is 0.538. The smallest absolute Gasteiger partial charge is 0.311 e. The van der Waals surface area contributed by atoms with Gasteiger partial charge in [0.2, 0.25) is 0 Å². The minimum Gasteiger partial charge on any atom is -0.484 e. The second kappa shape index (κ2) is 7.70. The maximum atomic E-state index is 10.9. The van der Waals surface area contributed by atoms with Gasteiger partial charge in [0.25, 0.3) is 0 Å². The van der Waals surface area contributed by atoms with E-state index in [1.165, 1.54) is 12.1 Å². The van der Waals surface area contributed by atoms with E-state index in [-0.39, 0.29) is 24.7 Å². The van der Waals surface area contributed by atoms with Crippen molar-refractivity contribution in [3.05, 3.63) is 33.9 Å². The molecule has 0 fully saturated rings. The van der Waals surface area contributed by atoms with E-state index in [4.69, 9.17) is 14.6 Å². The molecule has 0 amide bonds. The van der Waals surface area contributed by atoms with Crippen LogP contribution in [0.4, 0.5) is 5.69 Å². The molecule has 1 aromatic carbocycles. The fourth-order valence-corrected chi connectivity index (χ4v) is 1.46. The Labute approximate surface area is 112 Å². The van der Waals surface area contributed by atoms with Crippen LogP contribution in [0, 0.1) is 16.0 Å². The molecule has 1 rings (SSSR count). The van der Waals surface area contributed by atoms with Gasteiger partial charge in [-0.05, 0) is 17.5 Å². The van der Waals surface area contributed by atoms with Gasteiger partial charge >= 0.3 is 5.69 Å². The second-order valence-corrected chi connectivity index (χ2v) is 4.53. The normalized spacial score (nSPS) is 10.7. The molecular formula is C13H19NO5. The van der Waals surface area contributed by atoms with E-state index >= 15 is 0 Å². The van der Waals surface area contributed by atoms with Crippen molar-refractivity contribution in [3.63, 3.8) is 0 Å². The average Bonchev–Trinajstić information content (AvgIpc) is 2.38. The largest absolute Gasteiger partial charge is 0.484 e. The first-order chi connectivity index (χ1) is 9.04. The van der Waals surface area contributed by atoms with Crippen LogP contribution in [0.3, 0.4) is 0 Å². The van der Waals surface area contributed by atoms with Crippen molar-refractivity contribution in [1.82, 2.24) is 0 Å². The summed E-state index contributed by atoms with van der Waals surface area (Å²) in [7, 11) is 0. The van der Waals surface area contributed by atoms with Crippen LogP contribution in [-0.2, 0) is 11.3 Å². The van der Waals surface area contributed by atoms with Gasteiger partial charge in [0.05, 0.1) is 18.1 Å². The van der Waals surface area contributed by atoms with E-state index in [0.717, 1.165) is 0 Å². The first kappa shape index (κ1) is 15.4. The molecule has 1 aromatic rings. The molecule has 106 valence electrons. The summed E-state index contributed by atoms with van der Waals surface area (Å²) < 4.78 is 10.7. The van der Waals surface area contributed by atoms with Crippen molar-refractivity contribution in [2.75, 3.05) is 19.8 Å². The molecule has 0 atom stereocenters. The molecule has 0 bridgehead atoms. The van der Waals surface area contributed by atoms with Crippen molar-refractivity contribution in [2.45, 2.75) is 20.5 Å². The van der Waals surface area contributed by atoms with Crippen molar-refractivity contribution in [3.8, 4) is 5.75 Å². The Balaban J connectivity index is 2.55. The highest BCUT2D eigenvalue weighted by molar-refractivity contribution is 5.48. The number of nitro benzene ring substituents is 1. The maximum Gasteiger partial charge on any atom is 0.311 e. The number of rotatable bonds is 8. The molecule has 0 aliphatic carbocycles. The quantitative estimate of drug-likeness (QED) is 0.444. The van der Waals surface area contributed by atoms with Crippen LogP contribution in [0.5, 0.6) is 5.75 Å². The van der Waals surface area contributed by atoms with Crippen LogP contribution in [-0.4, -0.2) is 29.9 Å². The Morgan fingerprint density at radius 1 is 1.37 bits per heavy atom. The van der Waals surface area contributed by atoms with E-state index in [9.17, 15) is 10.1 Å². The third kappa shape index (κ3) is 5.23. The van der Waals surface area contributed by atoms with Gasteiger partial charge < -0.3 is 14.6 Å². The highest BCUT2D eigenvalue weighted by Gasteiger charge is 2.15. The zero-order valence-electron chi connectivity index (χ0n) is 11.2. The summed E-state index contributed by atoms with van der Waals surface area (Å²) in [5.74, 6) is 0.633. The van der Waals surface area contributed by atoms with Gasteiger partial charge in [-0.15, -0.1) is 0 Å². The van der Waals surface area contributed by atoms with Crippen LogP contribution in [0.15, 0.2) is 18.2 Å². The van der Waals surface area contributed by atoms with Gasteiger partial charge in [-0.25, -0.2) is 0 Å². The molecule has 6 nitrogen and oxygen atoms in total. The molecule has 0 spiro atoms. The molecule has 0 aliphatic rings. The molecule has 1 N–H and O–H groups in total. The minimum atomic E-state index is -0.524. The van der Waals surface area contributed by atoms with Crippen LogP contribution in [0.25, 0.3) is 0 Å².